The van der Waals surface area contributed by atoms with Crippen LogP contribution in [0.1, 0.15) is 49.3 Å². The van der Waals surface area contributed by atoms with Crippen molar-refractivity contribution in [1.29, 1.82) is 0 Å². The van der Waals surface area contributed by atoms with Gasteiger partial charge < -0.3 is 31.3 Å². The first kappa shape index (κ1) is 29.2. The van der Waals surface area contributed by atoms with Crippen molar-refractivity contribution in [3.63, 3.8) is 0 Å². The molecule has 0 spiro atoms. The van der Waals surface area contributed by atoms with Gasteiger partial charge in [-0.05, 0) is 69.2 Å². The maximum atomic E-state index is 13.2. The number of anilines is 3. The Labute approximate surface area is 237 Å². The highest BCUT2D eigenvalue weighted by atomic mass is 19.1. The van der Waals surface area contributed by atoms with Crippen LogP contribution >= 0.6 is 0 Å². The molecule has 0 bridgehead atoms. The molecule has 0 aliphatic carbocycles. The van der Waals surface area contributed by atoms with Crippen molar-refractivity contribution in [2.24, 2.45) is 11.5 Å². The standard InChI is InChI=1S/C29H34FN7O4/c1-17(25(31)38)33-24-14-22(26(32)39)34-27(35-24)19-7-10-23-20(13-19)16-36(28(40)41-29(2,3)4)11-12-37(23)21-8-5-18(15-30)6-9-21/h5-10,13-14,17H,11-12,15-16H2,1-4H3,(H2,31,38)(H2,32,39)(H,33,34,35)/t17-/m0/s1. The highest BCUT2D eigenvalue weighted by Crippen LogP contribution is 2.35. The first-order valence-electron chi connectivity index (χ1n) is 13.1. The number of halogens is 1. The average molecular weight is 564 g/mol. The van der Waals surface area contributed by atoms with Gasteiger partial charge in [-0.1, -0.05) is 12.1 Å². The molecule has 0 fully saturated rings. The number of aromatic nitrogens is 2. The highest BCUT2D eigenvalue weighted by molar-refractivity contribution is 5.92. The smallest absolute Gasteiger partial charge is 0.410 e. The summed E-state index contributed by atoms with van der Waals surface area (Å²) < 4.78 is 18.8. The monoisotopic (exact) mass is 563 g/mol. The predicted octanol–water partition coefficient (Wildman–Crippen LogP) is 3.89. The molecule has 0 saturated carbocycles. The molecule has 1 atom stereocenters. The number of fused-ring (bicyclic) bond motifs is 1. The molecule has 0 unspecified atom stereocenters. The largest absolute Gasteiger partial charge is 0.444 e. The molecule has 0 radical (unpaired) electrons. The van der Waals surface area contributed by atoms with Gasteiger partial charge in [-0.15, -0.1) is 0 Å². The zero-order valence-corrected chi connectivity index (χ0v) is 23.5. The minimum absolute atomic E-state index is 0.0472. The van der Waals surface area contributed by atoms with Gasteiger partial charge >= 0.3 is 6.09 Å². The van der Waals surface area contributed by atoms with Crippen molar-refractivity contribution in [2.75, 3.05) is 23.3 Å². The second kappa shape index (κ2) is 11.8. The number of ether oxygens (including phenoxy) is 1. The van der Waals surface area contributed by atoms with Crippen molar-refractivity contribution >= 4 is 35.1 Å². The van der Waals surface area contributed by atoms with Crippen LogP contribution < -0.4 is 21.7 Å². The van der Waals surface area contributed by atoms with Gasteiger partial charge in [0.05, 0.1) is 6.54 Å². The van der Waals surface area contributed by atoms with Crippen molar-refractivity contribution in [2.45, 2.75) is 52.6 Å². The summed E-state index contributed by atoms with van der Waals surface area (Å²) in [5.41, 5.74) is 13.7. The Morgan fingerprint density at radius 1 is 1.05 bits per heavy atom. The van der Waals surface area contributed by atoms with Gasteiger partial charge in [0.25, 0.3) is 5.91 Å². The summed E-state index contributed by atoms with van der Waals surface area (Å²) >= 11 is 0. The fraction of sp³-hybridized carbons (Fsp3) is 0.345. The third-order valence-corrected chi connectivity index (χ3v) is 6.41. The molecule has 3 amide bonds. The number of nitrogens with zero attached hydrogens (tertiary/aromatic N) is 4. The lowest BCUT2D eigenvalue weighted by molar-refractivity contribution is -0.118. The molecule has 1 aliphatic heterocycles. The average Bonchev–Trinajstić information content (AvgIpc) is 3.11. The third-order valence-electron chi connectivity index (χ3n) is 6.41. The molecule has 216 valence electrons. The number of amides is 3. The van der Waals surface area contributed by atoms with Crippen LogP contribution in [-0.2, 0) is 22.8 Å². The fourth-order valence-corrected chi connectivity index (χ4v) is 4.33. The Morgan fingerprint density at radius 2 is 1.76 bits per heavy atom. The zero-order valence-electron chi connectivity index (χ0n) is 23.5. The van der Waals surface area contributed by atoms with E-state index in [0.717, 1.165) is 16.9 Å². The van der Waals surface area contributed by atoms with Crippen LogP contribution in [0, 0.1) is 0 Å². The van der Waals surface area contributed by atoms with Crippen LogP contribution in [0.5, 0.6) is 0 Å². The lowest BCUT2D eigenvalue weighted by Gasteiger charge is -2.27. The van der Waals surface area contributed by atoms with E-state index in [1.54, 1.807) is 50.8 Å². The van der Waals surface area contributed by atoms with Crippen molar-refractivity contribution < 1.29 is 23.5 Å². The Bertz CT molecular complexity index is 1460. The minimum atomic E-state index is -0.766. The maximum Gasteiger partial charge on any atom is 0.410 e. The number of nitrogens with two attached hydrogens (primary N) is 2. The molecule has 4 rings (SSSR count). The van der Waals surface area contributed by atoms with E-state index >= 15 is 0 Å². The summed E-state index contributed by atoms with van der Waals surface area (Å²) in [6.07, 6.45) is -0.456. The summed E-state index contributed by atoms with van der Waals surface area (Å²) in [4.78, 5) is 49.2. The molecule has 1 aliphatic rings. The first-order valence-corrected chi connectivity index (χ1v) is 13.1. The zero-order chi connectivity index (χ0) is 29.9. The molecule has 2 aromatic carbocycles. The summed E-state index contributed by atoms with van der Waals surface area (Å²) in [7, 11) is 0. The number of nitrogens with one attached hydrogen (secondary N) is 1. The van der Waals surface area contributed by atoms with E-state index < -0.39 is 36.2 Å². The van der Waals surface area contributed by atoms with E-state index in [1.807, 2.05) is 29.2 Å². The molecular formula is C29H34FN7O4. The fourth-order valence-electron chi connectivity index (χ4n) is 4.33. The predicted molar refractivity (Wildman–Crippen MR) is 153 cm³/mol. The maximum absolute atomic E-state index is 13.2. The number of carbonyl (C=O) groups is 3. The molecule has 12 heteroatoms. The molecule has 5 N–H and O–H groups in total. The van der Waals surface area contributed by atoms with Crippen LogP contribution in [-0.4, -0.2) is 57.5 Å². The summed E-state index contributed by atoms with van der Waals surface area (Å²) in [5.74, 6) is -0.972. The third kappa shape index (κ3) is 7.07. The first-order chi connectivity index (χ1) is 19.3. The molecule has 2 heterocycles. The topological polar surface area (TPSA) is 157 Å². The van der Waals surface area contributed by atoms with Crippen molar-refractivity contribution in [3.05, 3.63) is 65.4 Å². The molecule has 3 aromatic rings. The van der Waals surface area contributed by atoms with Crippen molar-refractivity contribution in [1.82, 2.24) is 14.9 Å². The Hall–Kier alpha value is -4.74. The van der Waals surface area contributed by atoms with Gasteiger partial charge in [0.1, 0.15) is 29.8 Å². The van der Waals surface area contributed by atoms with Crippen LogP contribution in [0.25, 0.3) is 11.4 Å². The number of primary amides is 2. The van der Waals surface area contributed by atoms with Gasteiger partial charge in [0.15, 0.2) is 5.82 Å². The molecule has 0 saturated heterocycles. The van der Waals surface area contributed by atoms with Gasteiger partial charge in [-0.2, -0.15) is 0 Å². The second-order valence-corrected chi connectivity index (χ2v) is 10.8. The molecular weight excluding hydrogens is 529 g/mol. The van der Waals surface area contributed by atoms with E-state index in [0.29, 0.717) is 24.2 Å². The highest BCUT2D eigenvalue weighted by Gasteiger charge is 2.28. The van der Waals surface area contributed by atoms with Crippen LogP contribution in [0.4, 0.5) is 26.4 Å². The van der Waals surface area contributed by atoms with Gasteiger partial charge in [0, 0.05) is 36.1 Å². The molecule has 41 heavy (non-hydrogen) atoms. The van der Waals surface area contributed by atoms with E-state index in [-0.39, 0.29) is 23.9 Å². The Balaban J connectivity index is 1.79. The minimum Gasteiger partial charge on any atom is -0.444 e. The number of hydrogen-bond donors (Lipinski definition) is 3. The van der Waals surface area contributed by atoms with Crippen molar-refractivity contribution in [3.8, 4) is 11.4 Å². The number of rotatable bonds is 7. The van der Waals surface area contributed by atoms with Gasteiger partial charge in [0.2, 0.25) is 5.91 Å². The number of carbonyl (C=O) groups excluding carboxylic acids is 3. The lowest BCUT2D eigenvalue weighted by atomic mass is 10.1. The molecule has 1 aromatic heterocycles. The van der Waals surface area contributed by atoms with Gasteiger partial charge in [-0.25, -0.2) is 19.2 Å². The normalized spacial score (nSPS) is 14.1. The SMILES string of the molecule is C[C@H](Nc1cc(C(N)=O)nc(-c2ccc3c(c2)CN(C(=O)OC(C)(C)C)CCN3c2ccc(CF)cc2)n1)C(N)=O. The van der Waals surface area contributed by atoms with E-state index in [9.17, 15) is 18.8 Å². The van der Waals surface area contributed by atoms with E-state index in [4.69, 9.17) is 16.2 Å². The Morgan fingerprint density at radius 3 is 2.37 bits per heavy atom. The molecule has 11 nitrogen and oxygen atoms in total. The lowest BCUT2D eigenvalue weighted by Crippen LogP contribution is -2.38. The summed E-state index contributed by atoms with van der Waals surface area (Å²) in [5, 5.41) is 2.86. The quantitative estimate of drug-likeness (QED) is 0.391. The van der Waals surface area contributed by atoms with Crippen LogP contribution in [0.15, 0.2) is 48.5 Å². The summed E-state index contributed by atoms with van der Waals surface area (Å²) in [6, 6.07) is 13.2. The number of benzene rings is 2. The second-order valence-electron chi connectivity index (χ2n) is 10.8. The summed E-state index contributed by atoms with van der Waals surface area (Å²) in [6.45, 7) is 7.49. The Kier molecular flexibility index (Phi) is 8.41. The van der Waals surface area contributed by atoms with Crippen LogP contribution in [0.2, 0.25) is 0 Å². The van der Waals surface area contributed by atoms with Crippen LogP contribution in [0.3, 0.4) is 0 Å². The number of alkyl halides is 1. The number of hydrogen-bond acceptors (Lipinski definition) is 8. The van der Waals surface area contributed by atoms with Gasteiger partial charge in [-0.3, -0.25) is 9.59 Å². The van der Waals surface area contributed by atoms with E-state index in [2.05, 4.69) is 15.3 Å². The van der Waals surface area contributed by atoms with E-state index in [1.165, 1.54) is 6.07 Å².